The number of esters is 1. The highest BCUT2D eigenvalue weighted by Gasteiger charge is 2.34. The molecule has 2 aliphatic heterocycles. The number of carbonyl (C=O) groups is 1. The van der Waals surface area contributed by atoms with E-state index in [2.05, 4.69) is 23.3 Å². The van der Waals surface area contributed by atoms with E-state index in [1.807, 2.05) is 32.5 Å². The van der Waals surface area contributed by atoms with E-state index < -0.39 is 11.6 Å². The van der Waals surface area contributed by atoms with Crippen LogP contribution in [0, 0.1) is 5.92 Å². The number of anilines is 1. The lowest BCUT2D eigenvalue weighted by Crippen LogP contribution is -2.34. The summed E-state index contributed by atoms with van der Waals surface area (Å²) >= 11 is 1.93. The Bertz CT molecular complexity index is 795. The Balaban J connectivity index is 1.63. The van der Waals surface area contributed by atoms with Crippen molar-refractivity contribution in [2.24, 2.45) is 5.92 Å². The summed E-state index contributed by atoms with van der Waals surface area (Å²) in [6.45, 7) is 8.44. The molecule has 3 heterocycles. The van der Waals surface area contributed by atoms with E-state index in [1.54, 1.807) is 6.20 Å². The van der Waals surface area contributed by atoms with Crippen molar-refractivity contribution in [3.63, 3.8) is 0 Å². The Kier molecular flexibility index (Phi) is 5.99. The molecule has 27 heavy (non-hydrogen) atoms. The minimum atomic E-state index is -0.581. The van der Waals surface area contributed by atoms with E-state index in [4.69, 9.17) is 4.74 Å². The summed E-state index contributed by atoms with van der Waals surface area (Å²) < 4.78 is 6.99. The van der Waals surface area contributed by atoms with Gasteiger partial charge in [-0.3, -0.25) is 9.36 Å². The minimum absolute atomic E-state index is 0.184. The number of carbonyl (C=O) groups excluding carboxylic acids is 1. The zero-order valence-electron chi connectivity index (χ0n) is 16.6. The molecule has 2 atom stereocenters. The Morgan fingerprint density at radius 1 is 1.44 bits per heavy atom. The molecule has 7 heteroatoms. The fourth-order valence-corrected chi connectivity index (χ4v) is 4.60. The van der Waals surface area contributed by atoms with E-state index >= 15 is 0 Å². The van der Waals surface area contributed by atoms with Gasteiger partial charge in [0.1, 0.15) is 23.2 Å². The van der Waals surface area contributed by atoms with Gasteiger partial charge in [-0.2, -0.15) is 0 Å². The van der Waals surface area contributed by atoms with Crippen LogP contribution in [-0.2, 0) is 16.0 Å². The maximum atomic E-state index is 12.9. The van der Waals surface area contributed by atoms with Crippen LogP contribution < -0.4 is 10.9 Å². The summed E-state index contributed by atoms with van der Waals surface area (Å²) in [5, 5.41) is 3.20. The standard InChI is InChI=1S/C20H29N3O3S/c1-13-10-14(27-12-13)6-5-9-21-15-11-22-17-8-7-16(23(17)18(15)24)19(25)26-20(2,3)4/h10-11,13,16,21H,5-9,12H2,1-4H3/t13?,16-/m0/s1. The molecule has 3 rings (SSSR count). The first-order chi connectivity index (χ1) is 12.7. The van der Waals surface area contributed by atoms with Gasteiger partial charge in [-0.1, -0.05) is 13.0 Å². The number of ether oxygens (including phenoxy) is 1. The highest BCUT2D eigenvalue weighted by molar-refractivity contribution is 8.03. The minimum Gasteiger partial charge on any atom is -0.458 e. The molecule has 0 aliphatic carbocycles. The number of thioether (sulfide) groups is 1. The van der Waals surface area contributed by atoms with Crippen LogP contribution in [0.1, 0.15) is 58.8 Å². The van der Waals surface area contributed by atoms with Crippen LogP contribution in [0.2, 0.25) is 0 Å². The molecule has 1 aromatic rings. The fourth-order valence-electron chi connectivity index (χ4n) is 3.41. The Hall–Kier alpha value is -1.76. The average Bonchev–Trinajstić information content (AvgIpc) is 3.18. The fraction of sp³-hybridized carbons (Fsp3) is 0.650. The molecule has 0 radical (unpaired) electrons. The molecule has 1 N–H and O–H groups in total. The zero-order chi connectivity index (χ0) is 19.6. The van der Waals surface area contributed by atoms with Crippen molar-refractivity contribution in [2.75, 3.05) is 17.6 Å². The van der Waals surface area contributed by atoms with E-state index in [-0.39, 0.29) is 11.5 Å². The third-order valence-corrected chi connectivity index (χ3v) is 6.02. The molecular formula is C20H29N3O3S. The van der Waals surface area contributed by atoms with Gasteiger partial charge in [-0.15, -0.1) is 11.8 Å². The lowest BCUT2D eigenvalue weighted by molar-refractivity contribution is -0.158. The van der Waals surface area contributed by atoms with Gasteiger partial charge in [0.2, 0.25) is 0 Å². The average molecular weight is 392 g/mol. The second-order valence-corrected chi connectivity index (χ2v) is 9.45. The Morgan fingerprint density at radius 3 is 2.89 bits per heavy atom. The maximum Gasteiger partial charge on any atom is 0.329 e. The molecule has 1 unspecified atom stereocenters. The van der Waals surface area contributed by atoms with Crippen molar-refractivity contribution in [2.45, 2.75) is 65.0 Å². The molecule has 1 aromatic heterocycles. The molecular weight excluding hydrogens is 362 g/mol. The summed E-state index contributed by atoms with van der Waals surface area (Å²) in [5.74, 6) is 2.13. The molecule has 0 saturated carbocycles. The summed E-state index contributed by atoms with van der Waals surface area (Å²) in [6, 6.07) is -0.581. The first-order valence-corrected chi connectivity index (χ1v) is 10.6. The van der Waals surface area contributed by atoms with Gasteiger partial charge in [0.15, 0.2) is 0 Å². The van der Waals surface area contributed by atoms with Crippen LogP contribution in [0.4, 0.5) is 5.69 Å². The number of aryl methyl sites for hydroxylation is 1. The summed E-state index contributed by atoms with van der Waals surface area (Å²) in [7, 11) is 0. The predicted octanol–water partition coefficient (Wildman–Crippen LogP) is 3.53. The summed E-state index contributed by atoms with van der Waals surface area (Å²) in [6.07, 6.45) is 7.09. The van der Waals surface area contributed by atoms with Gasteiger partial charge in [-0.25, -0.2) is 9.78 Å². The molecule has 0 saturated heterocycles. The van der Waals surface area contributed by atoms with E-state index in [0.717, 1.165) is 12.8 Å². The number of rotatable bonds is 6. The summed E-state index contributed by atoms with van der Waals surface area (Å²) in [5.41, 5.74) is -0.302. The van der Waals surface area contributed by atoms with Crippen molar-refractivity contribution in [1.29, 1.82) is 0 Å². The number of aromatic nitrogens is 2. The zero-order valence-corrected chi connectivity index (χ0v) is 17.4. The predicted molar refractivity (Wildman–Crippen MR) is 109 cm³/mol. The number of nitrogens with zero attached hydrogens (tertiary/aromatic N) is 2. The number of fused-ring (bicyclic) bond motifs is 1. The number of allylic oxidation sites excluding steroid dienone is 2. The SMILES string of the molecule is CC1C=C(CCCNc2cnc3n(c2=O)[C@H](C(=O)OC(C)(C)C)CC3)SC1. The van der Waals surface area contributed by atoms with Crippen LogP contribution in [0.15, 0.2) is 22.0 Å². The lowest BCUT2D eigenvalue weighted by Gasteiger charge is -2.23. The van der Waals surface area contributed by atoms with Gasteiger partial charge < -0.3 is 10.1 Å². The van der Waals surface area contributed by atoms with Crippen LogP contribution in [-0.4, -0.2) is 33.4 Å². The van der Waals surface area contributed by atoms with Crippen LogP contribution in [0.25, 0.3) is 0 Å². The molecule has 2 aliphatic rings. The molecule has 6 nitrogen and oxygen atoms in total. The normalized spacial score (nSPS) is 21.7. The molecule has 0 spiro atoms. The number of hydrogen-bond acceptors (Lipinski definition) is 6. The van der Waals surface area contributed by atoms with Crippen molar-refractivity contribution < 1.29 is 9.53 Å². The lowest BCUT2D eigenvalue weighted by atomic mass is 10.1. The van der Waals surface area contributed by atoms with Crippen LogP contribution in [0.5, 0.6) is 0 Å². The van der Waals surface area contributed by atoms with Crippen LogP contribution >= 0.6 is 11.8 Å². The third kappa shape index (κ3) is 4.94. The largest absolute Gasteiger partial charge is 0.458 e. The second kappa shape index (κ2) is 8.09. The second-order valence-electron chi connectivity index (χ2n) is 8.30. The third-order valence-electron chi connectivity index (χ3n) is 4.62. The molecule has 0 fully saturated rings. The van der Waals surface area contributed by atoms with E-state index in [0.29, 0.717) is 36.8 Å². The topological polar surface area (TPSA) is 73.2 Å². The van der Waals surface area contributed by atoms with Gasteiger partial charge in [0, 0.05) is 18.7 Å². The highest BCUT2D eigenvalue weighted by atomic mass is 32.2. The van der Waals surface area contributed by atoms with Crippen molar-refractivity contribution in [3.05, 3.63) is 33.4 Å². The van der Waals surface area contributed by atoms with Gasteiger partial charge in [-0.05, 0) is 50.9 Å². The van der Waals surface area contributed by atoms with Crippen molar-refractivity contribution in [1.82, 2.24) is 9.55 Å². The molecule has 0 bridgehead atoms. The number of hydrogen-bond donors (Lipinski definition) is 1. The first-order valence-electron chi connectivity index (χ1n) is 9.65. The first kappa shape index (κ1) is 20.0. The highest BCUT2D eigenvalue weighted by Crippen LogP contribution is 2.32. The monoisotopic (exact) mass is 391 g/mol. The Morgan fingerprint density at radius 2 is 2.22 bits per heavy atom. The van der Waals surface area contributed by atoms with E-state index in [9.17, 15) is 9.59 Å². The molecule has 0 amide bonds. The van der Waals surface area contributed by atoms with E-state index in [1.165, 1.54) is 15.2 Å². The van der Waals surface area contributed by atoms with Gasteiger partial charge in [0.25, 0.3) is 5.56 Å². The van der Waals surface area contributed by atoms with Gasteiger partial charge in [0.05, 0.1) is 6.20 Å². The Labute approximate surface area is 164 Å². The maximum absolute atomic E-state index is 12.9. The van der Waals surface area contributed by atoms with Crippen molar-refractivity contribution in [3.8, 4) is 0 Å². The smallest absolute Gasteiger partial charge is 0.329 e. The van der Waals surface area contributed by atoms with Gasteiger partial charge >= 0.3 is 5.97 Å². The number of nitrogens with one attached hydrogen (secondary N) is 1. The summed E-state index contributed by atoms with van der Waals surface area (Å²) in [4.78, 5) is 31.2. The molecule has 148 valence electrons. The van der Waals surface area contributed by atoms with Crippen molar-refractivity contribution >= 4 is 23.4 Å². The quantitative estimate of drug-likeness (QED) is 0.591. The molecule has 0 aromatic carbocycles. The van der Waals surface area contributed by atoms with Crippen LogP contribution in [0.3, 0.4) is 0 Å².